The lowest BCUT2D eigenvalue weighted by Crippen LogP contribution is -2.36. The monoisotopic (exact) mass is 304 g/mol. The van der Waals surface area contributed by atoms with Crippen LogP contribution >= 0.6 is 11.8 Å². The highest BCUT2D eigenvalue weighted by Crippen LogP contribution is 2.38. The van der Waals surface area contributed by atoms with Crippen molar-refractivity contribution >= 4 is 17.8 Å². The van der Waals surface area contributed by atoms with E-state index in [2.05, 4.69) is 38.7 Å². The fourth-order valence-electron chi connectivity index (χ4n) is 1.82. The van der Waals surface area contributed by atoms with Crippen LogP contribution in [0.1, 0.15) is 5.56 Å². The van der Waals surface area contributed by atoms with Crippen molar-refractivity contribution in [1.82, 2.24) is 0 Å². The van der Waals surface area contributed by atoms with Crippen molar-refractivity contribution < 1.29 is 14.3 Å². The molecular weight excluding hydrogens is 282 g/mol. The number of quaternary nitrogens is 1. The summed E-state index contributed by atoms with van der Waals surface area (Å²) < 4.78 is 6.60. The van der Waals surface area contributed by atoms with Crippen molar-refractivity contribution in [3.8, 4) is 5.75 Å². The molecule has 0 saturated heterocycles. The molecule has 0 unspecified atom stereocenters. The van der Waals surface area contributed by atoms with Gasteiger partial charge in [-0.3, -0.25) is 0 Å². The summed E-state index contributed by atoms with van der Waals surface area (Å²) in [6, 6.07) is 8.08. The minimum absolute atomic E-state index is 0.281. The van der Waals surface area contributed by atoms with Crippen LogP contribution in [-0.4, -0.2) is 43.9 Å². The number of rotatable bonds is 2. The van der Waals surface area contributed by atoms with Crippen LogP contribution in [0.4, 0.5) is 0 Å². The second kappa shape index (κ2) is 6.98. The summed E-state index contributed by atoms with van der Waals surface area (Å²) in [5.74, 6) is 1.90. The highest BCUT2D eigenvalue weighted by atomic mass is 32.2. The maximum atomic E-state index is 8.39. The molecule has 0 saturated carbocycles. The van der Waals surface area contributed by atoms with E-state index in [1.54, 1.807) is 11.8 Å². The third-order valence-corrected chi connectivity index (χ3v) is 3.83. The van der Waals surface area contributed by atoms with Gasteiger partial charge >= 0.3 is 0 Å². The first-order chi connectivity index (χ1) is 9.99. The van der Waals surface area contributed by atoms with E-state index in [0.29, 0.717) is 0 Å². The van der Waals surface area contributed by atoms with E-state index in [1.165, 1.54) is 4.91 Å². The Morgan fingerprint density at radius 3 is 2.62 bits per heavy atom. The quantitative estimate of drug-likeness (QED) is 0.851. The molecule has 0 atom stereocenters. The molecule has 2 heterocycles. The standard InChI is InChI=1S/C12H8OS.C5H14NO/c1-2-5-10-9(4-1)8-12-11(13-10)6-3-7-14-12;1-6(2,3)4-5-7/h1-8H;7H,4-5H2,1-3H3/q;+1. The van der Waals surface area contributed by atoms with Gasteiger partial charge in [0.2, 0.25) is 0 Å². The summed E-state index contributed by atoms with van der Waals surface area (Å²) in [5.41, 5.74) is 1.16. The van der Waals surface area contributed by atoms with Gasteiger partial charge in [0.05, 0.1) is 32.7 Å². The predicted octanol–water partition coefficient (Wildman–Crippen LogP) is 3.25. The van der Waals surface area contributed by atoms with Gasteiger partial charge in [0, 0.05) is 5.56 Å². The van der Waals surface area contributed by atoms with E-state index in [4.69, 9.17) is 9.84 Å². The maximum absolute atomic E-state index is 8.39. The molecule has 4 heteroatoms. The van der Waals surface area contributed by atoms with Crippen LogP contribution in [0.25, 0.3) is 6.08 Å². The van der Waals surface area contributed by atoms with Gasteiger partial charge in [0.1, 0.15) is 18.1 Å². The molecular formula is C17H22NO2S+. The summed E-state index contributed by atoms with van der Waals surface area (Å²) in [5, 5.41) is 10.4. The zero-order valence-electron chi connectivity index (χ0n) is 12.7. The third-order valence-electron chi connectivity index (χ3n) is 2.96. The van der Waals surface area contributed by atoms with Gasteiger partial charge in [-0.15, -0.1) is 0 Å². The Kier molecular flexibility index (Phi) is 5.28. The average molecular weight is 304 g/mol. The van der Waals surface area contributed by atoms with Gasteiger partial charge in [0.15, 0.2) is 0 Å². The zero-order chi connectivity index (χ0) is 15.3. The van der Waals surface area contributed by atoms with Crippen LogP contribution < -0.4 is 4.74 Å². The van der Waals surface area contributed by atoms with Crippen molar-refractivity contribution in [3.05, 3.63) is 58.1 Å². The Hall–Kier alpha value is -1.49. The second-order valence-electron chi connectivity index (χ2n) is 5.86. The van der Waals surface area contributed by atoms with E-state index in [9.17, 15) is 0 Å². The second-order valence-corrected chi connectivity index (χ2v) is 6.81. The van der Waals surface area contributed by atoms with Crippen LogP contribution in [0.3, 0.4) is 0 Å². The Morgan fingerprint density at radius 2 is 1.95 bits per heavy atom. The lowest BCUT2D eigenvalue weighted by molar-refractivity contribution is -0.870. The molecule has 2 aliphatic rings. The molecule has 3 rings (SSSR count). The Morgan fingerprint density at radius 1 is 1.19 bits per heavy atom. The molecule has 21 heavy (non-hydrogen) atoms. The molecule has 112 valence electrons. The molecule has 2 aliphatic heterocycles. The summed E-state index contributed by atoms with van der Waals surface area (Å²) in [6.07, 6.45) is 6.17. The van der Waals surface area contributed by atoms with Crippen molar-refractivity contribution in [1.29, 1.82) is 0 Å². The summed E-state index contributed by atoms with van der Waals surface area (Å²) in [4.78, 5) is 1.19. The third kappa shape index (κ3) is 4.77. The highest BCUT2D eigenvalue weighted by Gasteiger charge is 2.17. The largest absolute Gasteiger partial charge is 0.456 e. The van der Waals surface area contributed by atoms with Crippen molar-refractivity contribution in [2.24, 2.45) is 0 Å². The number of likely N-dealkylation sites (N-methyl/N-ethyl adjacent to an activating group) is 1. The fraction of sp³-hybridized carbons (Fsp3) is 0.294. The Labute approximate surface area is 130 Å². The molecule has 1 aromatic carbocycles. The molecule has 0 fully saturated rings. The molecule has 0 amide bonds. The van der Waals surface area contributed by atoms with Gasteiger partial charge in [0.25, 0.3) is 0 Å². The number of hydrogen-bond acceptors (Lipinski definition) is 3. The van der Waals surface area contributed by atoms with Crippen molar-refractivity contribution in [3.63, 3.8) is 0 Å². The zero-order valence-corrected chi connectivity index (χ0v) is 13.6. The Bertz CT molecular complexity index is 583. The lowest BCUT2D eigenvalue weighted by atomic mass is 10.1. The predicted molar refractivity (Wildman–Crippen MR) is 89.8 cm³/mol. The van der Waals surface area contributed by atoms with Crippen LogP contribution in [0.2, 0.25) is 0 Å². The molecule has 1 N–H and O–H groups in total. The van der Waals surface area contributed by atoms with E-state index >= 15 is 0 Å². The van der Waals surface area contributed by atoms with Gasteiger partial charge in [-0.05, 0) is 23.6 Å². The van der Waals surface area contributed by atoms with E-state index < -0.39 is 0 Å². The van der Waals surface area contributed by atoms with Crippen LogP contribution in [0.15, 0.2) is 52.5 Å². The highest BCUT2D eigenvalue weighted by molar-refractivity contribution is 8.06. The smallest absolute Gasteiger partial charge is 0.141 e. The lowest BCUT2D eigenvalue weighted by Gasteiger charge is -2.21. The Balaban J connectivity index is 0.000000199. The van der Waals surface area contributed by atoms with Crippen LogP contribution in [0, 0.1) is 0 Å². The topological polar surface area (TPSA) is 29.5 Å². The molecule has 3 nitrogen and oxygen atoms in total. The van der Waals surface area contributed by atoms with Gasteiger partial charge in [-0.25, -0.2) is 0 Å². The van der Waals surface area contributed by atoms with Crippen LogP contribution in [-0.2, 0) is 0 Å². The fourth-order valence-corrected chi connectivity index (χ4v) is 2.55. The maximum Gasteiger partial charge on any atom is 0.141 e. The SMILES string of the molecule is C1=CSC2=Cc3ccccc3OC2=C1.C[N+](C)(C)CCO. The number of thioether (sulfide) groups is 1. The number of nitrogens with zero attached hydrogens (tertiary/aromatic N) is 1. The number of ether oxygens (including phenoxy) is 1. The summed E-state index contributed by atoms with van der Waals surface area (Å²) >= 11 is 1.70. The van der Waals surface area contributed by atoms with Crippen molar-refractivity contribution in [2.45, 2.75) is 0 Å². The molecule has 0 aromatic heterocycles. The first kappa shape index (κ1) is 15.9. The number of hydrogen-bond donors (Lipinski definition) is 1. The summed E-state index contributed by atoms with van der Waals surface area (Å²) in [6.45, 7) is 1.11. The number of para-hydroxylation sites is 1. The van der Waals surface area contributed by atoms with Crippen LogP contribution in [0.5, 0.6) is 5.75 Å². The van der Waals surface area contributed by atoms with Gasteiger partial charge in [-0.1, -0.05) is 36.0 Å². The molecule has 0 aliphatic carbocycles. The minimum atomic E-state index is 0.281. The molecule has 0 spiro atoms. The minimum Gasteiger partial charge on any atom is -0.456 e. The molecule has 0 bridgehead atoms. The first-order valence-electron chi connectivity index (χ1n) is 6.93. The number of allylic oxidation sites excluding steroid dienone is 2. The van der Waals surface area contributed by atoms with Gasteiger partial charge < -0.3 is 14.3 Å². The molecule has 1 aromatic rings. The number of aliphatic hydroxyl groups excluding tert-OH is 1. The van der Waals surface area contributed by atoms with Crippen molar-refractivity contribution in [2.75, 3.05) is 34.3 Å². The average Bonchev–Trinajstić information content (AvgIpc) is 2.44. The first-order valence-corrected chi connectivity index (χ1v) is 7.81. The summed E-state index contributed by atoms with van der Waals surface area (Å²) in [7, 11) is 6.16. The number of benzene rings is 1. The van der Waals surface area contributed by atoms with E-state index in [0.717, 1.165) is 28.1 Å². The normalized spacial score (nSPS) is 15.6. The van der Waals surface area contributed by atoms with E-state index in [-0.39, 0.29) is 6.61 Å². The number of aliphatic hydroxyl groups is 1. The van der Waals surface area contributed by atoms with Gasteiger partial charge in [-0.2, -0.15) is 0 Å². The molecule has 0 radical (unpaired) electrons. The van der Waals surface area contributed by atoms with E-state index in [1.807, 2.05) is 30.4 Å². The number of fused-ring (bicyclic) bond motifs is 2.